The van der Waals surface area contributed by atoms with E-state index in [2.05, 4.69) is 36.5 Å². The van der Waals surface area contributed by atoms with Gasteiger partial charge in [-0.2, -0.15) is 0 Å². The third kappa shape index (κ3) is 0.971. The van der Waals surface area contributed by atoms with Crippen LogP contribution in [-0.4, -0.2) is 0 Å². The van der Waals surface area contributed by atoms with E-state index in [0.717, 1.165) is 12.8 Å². The van der Waals surface area contributed by atoms with E-state index in [9.17, 15) is 0 Å². The predicted octanol–water partition coefficient (Wildman–Crippen LogP) is 2.76. The highest BCUT2D eigenvalue weighted by atomic mass is 14.1. The summed E-state index contributed by atoms with van der Waals surface area (Å²) >= 11 is 0. The zero-order valence-electron chi connectivity index (χ0n) is 5.88. The van der Waals surface area contributed by atoms with E-state index in [4.69, 9.17) is 0 Å². The predicted molar refractivity (Wildman–Crippen MR) is 43.7 cm³/mol. The lowest BCUT2D eigenvalue weighted by atomic mass is 10.0. The van der Waals surface area contributed by atoms with Crippen molar-refractivity contribution in [2.45, 2.75) is 12.8 Å². The molecule has 2 aliphatic carbocycles. The van der Waals surface area contributed by atoms with Crippen LogP contribution in [0.15, 0.2) is 47.6 Å². The molecule has 0 aromatic rings. The van der Waals surface area contributed by atoms with Gasteiger partial charge in [-0.05, 0) is 24.0 Å². The molecule has 0 aliphatic heterocycles. The zero-order valence-corrected chi connectivity index (χ0v) is 5.88. The second kappa shape index (κ2) is 2.30. The molecule has 0 fully saturated rings. The summed E-state index contributed by atoms with van der Waals surface area (Å²) in [4.78, 5) is 0. The Labute approximate surface area is 61.3 Å². The number of hydrogen-bond donors (Lipinski definition) is 0. The molecule has 0 unspecified atom stereocenters. The SMILES string of the molecule is C1=CC(/C=C2\C=CC2)=CC1. The molecule has 2 aliphatic rings. The summed E-state index contributed by atoms with van der Waals surface area (Å²) in [5, 5.41) is 0. The molecule has 0 saturated carbocycles. The topological polar surface area (TPSA) is 0 Å². The fourth-order valence-corrected chi connectivity index (χ4v) is 1.16. The molecule has 0 N–H and O–H groups in total. The molecule has 0 aromatic heterocycles. The first kappa shape index (κ1) is 5.72. The average molecular weight is 130 g/mol. The lowest BCUT2D eigenvalue weighted by molar-refractivity contribution is 1.19. The van der Waals surface area contributed by atoms with Gasteiger partial charge in [0.15, 0.2) is 0 Å². The van der Waals surface area contributed by atoms with E-state index < -0.39 is 0 Å². The van der Waals surface area contributed by atoms with E-state index in [0.29, 0.717) is 0 Å². The van der Waals surface area contributed by atoms with Gasteiger partial charge < -0.3 is 0 Å². The molecule has 0 amide bonds. The first-order valence-electron chi connectivity index (χ1n) is 3.69. The van der Waals surface area contributed by atoms with Crippen molar-refractivity contribution in [2.75, 3.05) is 0 Å². The Morgan fingerprint density at radius 2 is 2.10 bits per heavy atom. The second-order valence-electron chi connectivity index (χ2n) is 2.67. The first-order chi connectivity index (χ1) is 4.95. The van der Waals surface area contributed by atoms with E-state index >= 15 is 0 Å². The fourth-order valence-electron chi connectivity index (χ4n) is 1.16. The standard InChI is InChI=1S/C10H10/c1-2-5-9(4-1)8-10-6-3-7-10/h1,3-6,8H,2,7H2/b10-8+. The lowest BCUT2D eigenvalue weighted by Gasteiger charge is -2.05. The van der Waals surface area contributed by atoms with E-state index in [1.807, 2.05) is 0 Å². The van der Waals surface area contributed by atoms with Crippen molar-refractivity contribution in [3.05, 3.63) is 47.6 Å². The Balaban J connectivity index is 2.14. The van der Waals surface area contributed by atoms with Crippen LogP contribution in [-0.2, 0) is 0 Å². The molecular weight excluding hydrogens is 120 g/mol. The molecule has 10 heavy (non-hydrogen) atoms. The third-order valence-electron chi connectivity index (χ3n) is 1.84. The average Bonchev–Trinajstić information content (AvgIpc) is 2.29. The number of rotatable bonds is 1. The van der Waals surface area contributed by atoms with Crippen LogP contribution in [0.25, 0.3) is 0 Å². The van der Waals surface area contributed by atoms with Crippen LogP contribution < -0.4 is 0 Å². The van der Waals surface area contributed by atoms with Crippen LogP contribution in [0, 0.1) is 0 Å². The lowest BCUT2D eigenvalue weighted by Crippen LogP contribution is -1.85. The van der Waals surface area contributed by atoms with Gasteiger partial charge in [-0.15, -0.1) is 0 Å². The molecule has 0 saturated heterocycles. The van der Waals surface area contributed by atoms with Gasteiger partial charge in [-0.1, -0.05) is 36.5 Å². The molecule has 0 spiro atoms. The van der Waals surface area contributed by atoms with Gasteiger partial charge in [0.2, 0.25) is 0 Å². The van der Waals surface area contributed by atoms with Gasteiger partial charge in [0, 0.05) is 0 Å². The second-order valence-corrected chi connectivity index (χ2v) is 2.67. The molecule has 0 heterocycles. The highest BCUT2D eigenvalue weighted by Gasteiger charge is 2.00. The Morgan fingerprint density at radius 1 is 1.20 bits per heavy atom. The highest BCUT2D eigenvalue weighted by Crippen LogP contribution is 2.20. The number of allylic oxidation sites excluding steroid dienone is 8. The molecule has 0 nitrogen and oxygen atoms in total. The van der Waals surface area contributed by atoms with Crippen molar-refractivity contribution in [1.29, 1.82) is 0 Å². The summed E-state index contributed by atoms with van der Waals surface area (Å²) in [6.07, 6.45) is 15.5. The van der Waals surface area contributed by atoms with Crippen LogP contribution >= 0.6 is 0 Å². The van der Waals surface area contributed by atoms with Crippen LogP contribution in [0.1, 0.15) is 12.8 Å². The minimum Gasteiger partial charge on any atom is -0.0801 e. The molecule has 0 heteroatoms. The molecule has 0 aromatic carbocycles. The maximum Gasteiger partial charge on any atom is -0.00941 e. The van der Waals surface area contributed by atoms with E-state index in [1.54, 1.807) is 0 Å². The summed E-state index contributed by atoms with van der Waals surface area (Å²) in [6, 6.07) is 0. The molecule has 2 rings (SSSR count). The Bertz CT molecular complexity index is 249. The van der Waals surface area contributed by atoms with Crippen molar-refractivity contribution < 1.29 is 0 Å². The quantitative estimate of drug-likeness (QED) is 0.512. The molecule has 50 valence electrons. The van der Waals surface area contributed by atoms with Gasteiger partial charge in [-0.3, -0.25) is 0 Å². The molecule has 0 bridgehead atoms. The minimum absolute atomic E-state index is 1.11. The van der Waals surface area contributed by atoms with Crippen molar-refractivity contribution in [1.82, 2.24) is 0 Å². The third-order valence-corrected chi connectivity index (χ3v) is 1.84. The van der Waals surface area contributed by atoms with Gasteiger partial charge in [0.1, 0.15) is 0 Å². The fraction of sp³-hybridized carbons (Fsp3) is 0.200. The monoisotopic (exact) mass is 130 g/mol. The Kier molecular flexibility index (Phi) is 1.31. The normalized spacial score (nSPS) is 25.2. The van der Waals surface area contributed by atoms with Gasteiger partial charge in [0.05, 0.1) is 0 Å². The summed E-state index contributed by atoms with van der Waals surface area (Å²) in [6.45, 7) is 0. The summed E-state index contributed by atoms with van der Waals surface area (Å²) in [7, 11) is 0. The van der Waals surface area contributed by atoms with Crippen LogP contribution in [0.4, 0.5) is 0 Å². The van der Waals surface area contributed by atoms with Crippen molar-refractivity contribution >= 4 is 0 Å². The molecule has 0 atom stereocenters. The van der Waals surface area contributed by atoms with Gasteiger partial charge in [0.25, 0.3) is 0 Å². The van der Waals surface area contributed by atoms with Crippen LogP contribution in [0.3, 0.4) is 0 Å². The smallest absolute Gasteiger partial charge is 0.00941 e. The van der Waals surface area contributed by atoms with Crippen LogP contribution in [0.2, 0.25) is 0 Å². The molecular formula is C10H10. The number of hydrogen-bond acceptors (Lipinski definition) is 0. The van der Waals surface area contributed by atoms with Crippen LogP contribution in [0.5, 0.6) is 0 Å². The molecule has 0 radical (unpaired) electrons. The van der Waals surface area contributed by atoms with E-state index in [-0.39, 0.29) is 0 Å². The Morgan fingerprint density at radius 3 is 2.60 bits per heavy atom. The van der Waals surface area contributed by atoms with E-state index in [1.165, 1.54) is 11.1 Å². The zero-order chi connectivity index (χ0) is 6.81. The van der Waals surface area contributed by atoms with Crippen molar-refractivity contribution in [3.63, 3.8) is 0 Å². The first-order valence-corrected chi connectivity index (χ1v) is 3.69. The maximum atomic E-state index is 2.25. The van der Waals surface area contributed by atoms with Gasteiger partial charge in [-0.25, -0.2) is 0 Å². The minimum atomic E-state index is 1.11. The maximum absolute atomic E-state index is 2.25. The van der Waals surface area contributed by atoms with Gasteiger partial charge >= 0.3 is 0 Å². The summed E-state index contributed by atoms with van der Waals surface area (Å²) in [5.74, 6) is 0. The Hall–Kier alpha value is -1.04. The van der Waals surface area contributed by atoms with Crippen molar-refractivity contribution in [3.8, 4) is 0 Å². The summed E-state index contributed by atoms with van der Waals surface area (Å²) in [5.41, 5.74) is 2.83. The highest BCUT2D eigenvalue weighted by molar-refractivity contribution is 5.43. The largest absolute Gasteiger partial charge is 0.0801 e. The van der Waals surface area contributed by atoms with Crippen molar-refractivity contribution in [2.24, 2.45) is 0 Å². The summed E-state index contributed by atoms with van der Waals surface area (Å²) < 4.78 is 0.